The van der Waals surface area contributed by atoms with E-state index in [4.69, 9.17) is 0 Å². The molecule has 0 spiro atoms. The van der Waals surface area contributed by atoms with Crippen molar-refractivity contribution in [2.75, 3.05) is 18.1 Å². The first-order chi connectivity index (χ1) is 10.1. The summed E-state index contributed by atoms with van der Waals surface area (Å²) in [6.45, 7) is 2.85. The number of aromatic carboxylic acids is 1. The molecule has 0 heterocycles. The van der Waals surface area contributed by atoms with Gasteiger partial charge in [-0.25, -0.2) is 4.79 Å². The largest absolute Gasteiger partial charge is 0.478 e. The number of anilines is 1. The summed E-state index contributed by atoms with van der Waals surface area (Å²) < 4.78 is 0. The van der Waals surface area contributed by atoms with Crippen molar-refractivity contribution in [3.8, 4) is 0 Å². The van der Waals surface area contributed by atoms with E-state index in [9.17, 15) is 15.0 Å². The Labute approximate surface area is 124 Å². The first-order valence-electron chi connectivity index (χ1n) is 6.85. The van der Waals surface area contributed by atoms with Gasteiger partial charge in [0, 0.05) is 13.1 Å². The lowest BCUT2D eigenvalue weighted by molar-refractivity contribution is 0.0697. The first kappa shape index (κ1) is 15.1. The van der Waals surface area contributed by atoms with Crippen LogP contribution >= 0.6 is 0 Å². The van der Waals surface area contributed by atoms with Crippen LogP contribution in [0.2, 0.25) is 0 Å². The molecule has 110 valence electrons. The van der Waals surface area contributed by atoms with E-state index in [0.717, 1.165) is 11.1 Å². The number of aliphatic hydroxyl groups excluding tert-OH is 1. The molecule has 2 aromatic carbocycles. The maximum absolute atomic E-state index is 11.4. The molecule has 21 heavy (non-hydrogen) atoms. The van der Waals surface area contributed by atoms with Crippen LogP contribution in [0, 0.1) is 6.92 Å². The number of benzene rings is 2. The van der Waals surface area contributed by atoms with Crippen LogP contribution in [0.15, 0.2) is 48.5 Å². The van der Waals surface area contributed by atoms with Gasteiger partial charge in [0.1, 0.15) is 0 Å². The molecule has 0 aliphatic heterocycles. The highest BCUT2D eigenvalue weighted by molar-refractivity contribution is 5.94. The van der Waals surface area contributed by atoms with Gasteiger partial charge in [-0.3, -0.25) is 0 Å². The number of carbonyl (C=O) groups is 1. The van der Waals surface area contributed by atoms with Crippen molar-refractivity contribution >= 4 is 11.7 Å². The van der Waals surface area contributed by atoms with Crippen LogP contribution in [0.25, 0.3) is 0 Å². The SMILES string of the molecule is Cc1ccc(C(=O)O)c(N(CCO)Cc2ccccc2)c1. The van der Waals surface area contributed by atoms with Gasteiger partial charge in [-0.15, -0.1) is 0 Å². The predicted molar refractivity (Wildman–Crippen MR) is 82.7 cm³/mol. The normalized spacial score (nSPS) is 10.4. The van der Waals surface area contributed by atoms with E-state index in [1.165, 1.54) is 0 Å². The molecule has 0 aliphatic carbocycles. The molecule has 2 aromatic rings. The zero-order valence-corrected chi connectivity index (χ0v) is 12.0. The second-order valence-electron chi connectivity index (χ2n) is 4.96. The van der Waals surface area contributed by atoms with E-state index in [2.05, 4.69) is 0 Å². The third-order valence-corrected chi connectivity index (χ3v) is 3.31. The minimum Gasteiger partial charge on any atom is -0.478 e. The number of hydrogen-bond acceptors (Lipinski definition) is 3. The second kappa shape index (κ2) is 6.90. The number of aliphatic hydroxyl groups is 1. The third kappa shape index (κ3) is 3.83. The van der Waals surface area contributed by atoms with Gasteiger partial charge < -0.3 is 15.1 Å². The standard InChI is InChI=1S/C17H19NO3/c1-13-7-8-15(17(20)21)16(11-13)18(9-10-19)12-14-5-3-2-4-6-14/h2-8,11,19H,9-10,12H2,1H3,(H,20,21). The highest BCUT2D eigenvalue weighted by Gasteiger charge is 2.16. The maximum atomic E-state index is 11.4. The molecule has 0 saturated carbocycles. The Kier molecular flexibility index (Phi) is 4.95. The molecular formula is C17H19NO3. The van der Waals surface area contributed by atoms with E-state index in [1.54, 1.807) is 12.1 Å². The molecule has 2 rings (SSSR count). The average Bonchev–Trinajstić information content (AvgIpc) is 2.47. The van der Waals surface area contributed by atoms with E-state index < -0.39 is 5.97 Å². The lowest BCUT2D eigenvalue weighted by atomic mass is 10.1. The molecule has 0 fully saturated rings. The van der Waals surface area contributed by atoms with Gasteiger partial charge in [-0.2, -0.15) is 0 Å². The molecule has 4 heteroatoms. The number of nitrogens with zero attached hydrogens (tertiary/aromatic N) is 1. The van der Waals surface area contributed by atoms with Crippen LogP contribution in [0.3, 0.4) is 0 Å². The molecule has 0 amide bonds. The summed E-state index contributed by atoms with van der Waals surface area (Å²) in [5, 5.41) is 18.6. The van der Waals surface area contributed by atoms with Crippen LogP contribution < -0.4 is 4.90 Å². The molecule has 0 atom stereocenters. The Morgan fingerprint density at radius 2 is 1.86 bits per heavy atom. The van der Waals surface area contributed by atoms with Crippen LogP contribution in [0.4, 0.5) is 5.69 Å². The lowest BCUT2D eigenvalue weighted by Crippen LogP contribution is -2.28. The first-order valence-corrected chi connectivity index (χ1v) is 6.85. The van der Waals surface area contributed by atoms with Crippen LogP contribution in [0.1, 0.15) is 21.5 Å². The van der Waals surface area contributed by atoms with E-state index >= 15 is 0 Å². The lowest BCUT2D eigenvalue weighted by Gasteiger charge is -2.26. The van der Waals surface area contributed by atoms with Crippen molar-refractivity contribution in [2.45, 2.75) is 13.5 Å². The van der Waals surface area contributed by atoms with Gasteiger partial charge in [0.25, 0.3) is 0 Å². The van der Waals surface area contributed by atoms with Gasteiger partial charge in [0.05, 0.1) is 17.9 Å². The van der Waals surface area contributed by atoms with Crippen LogP contribution in [-0.4, -0.2) is 29.3 Å². The topological polar surface area (TPSA) is 60.8 Å². The Morgan fingerprint density at radius 1 is 1.14 bits per heavy atom. The quantitative estimate of drug-likeness (QED) is 0.856. The van der Waals surface area contributed by atoms with Crippen molar-refractivity contribution < 1.29 is 15.0 Å². The fourth-order valence-electron chi connectivity index (χ4n) is 2.29. The summed E-state index contributed by atoms with van der Waals surface area (Å²) in [5.74, 6) is -0.957. The van der Waals surface area contributed by atoms with Crippen molar-refractivity contribution in [3.63, 3.8) is 0 Å². The number of carboxylic acid groups (broad SMARTS) is 1. The van der Waals surface area contributed by atoms with Crippen LogP contribution in [0.5, 0.6) is 0 Å². The monoisotopic (exact) mass is 285 g/mol. The second-order valence-corrected chi connectivity index (χ2v) is 4.96. The molecule has 0 aliphatic rings. The van der Waals surface area contributed by atoms with E-state index in [-0.39, 0.29) is 12.2 Å². The number of aryl methyl sites for hydroxylation is 1. The van der Waals surface area contributed by atoms with E-state index in [0.29, 0.717) is 18.8 Å². The molecule has 0 saturated heterocycles. The molecule has 0 radical (unpaired) electrons. The molecule has 0 aromatic heterocycles. The average molecular weight is 285 g/mol. The summed E-state index contributed by atoms with van der Waals surface area (Å²) in [5.41, 5.74) is 2.96. The van der Waals surface area contributed by atoms with Gasteiger partial charge in [-0.05, 0) is 30.2 Å². The van der Waals surface area contributed by atoms with Crippen LogP contribution in [-0.2, 0) is 6.54 Å². The maximum Gasteiger partial charge on any atom is 0.337 e. The van der Waals surface area contributed by atoms with Gasteiger partial charge >= 0.3 is 5.97 Å². The third-order valence-electron chi connectivity index (χ3n) is 3.31. The molecule has 0 unspecified atom stereocenters. The van der Waals surface area contributed by atoms with E-state index in [1.807, 2.05) is 48.2 Å². The van der Waals surface area contributed by atoms with Crippen molar-refractivity contribution in [1.29, 1.82) is 0 Å². The Morgan fingerprint density at radius 3 is 2.48 bits per heavy atom. The smallest absolute Gasteiger partial charge is 0.337 e. The Bertz CT molecular complexity index is 611. The van der Waals surface area contributed by atoms with Crippen molar-refractivity contribution in [2.24, 2.45) is 0 Å². The molecule has 4 nitrogen and oxygen atoms in total. The summed E-state index contributed by atoms with van der Waals surface area (Å²) >= 11 is 0. The fourth-order valence-corrected chi connectivity index (χ4v) is 2.29. The zero-order chi connectivity index (χ0) is 15.2. The molecular weight excluding hydrogens is 266 g/mol. The number of carboxylic acids is 1. The van der Waals surface area contributed by atoms with Gasteiger partial charge in [-0.1, -0.05) is 36.4 Å². The minimum absolute atomic E-state index is 0.0279. The fraction of sp³-hybridized carbons (Fsp3) is 0.235. The van der Waals surface area contributed by atoms with Crippen molar-refractivity contribution in [3.05, 3.63) is 65.2 Å². The summed E-state index contributed by atoms with van der Waals surface area (Å²) in [6, 6.07) is 15.1. The Hall–Kier alpha value is -2.33. The van der Waals surface area contributed by atoms with Gasteiger partial charge in [0.2, 0.25) is 0 Å². The number of hydrogen-bond donors (Lipinski definition) is 2. The summed E-state index contributed by atoms with van der Waals surface area (Å²) in [4.78, 5) is 13.3. The highest BCUT2D eigenvalue weighted by atomic mass is 16.4. The summed E-state index contributed by atoms with van der Waals surface area (Å²) in [6.07, 6.45) is 0. The minimum atomic E-state index is -0.957. The zero-order valence-electron chi connectivity index (χ0n) is 12.0. The Balaban J connectivity index is 2.37. The highest BCUT2D eigenvalue weighted by Crippen LogP contribution is 2.24. The predicted octanol–water partition coefficient (Wildman–Crippen LogP) is 2.69. The molecule has 0 bridgehead atoms. The van der Waals surface area contributed by atoms with Gasteiger partial charge in [0.15, 0.2) is 0 Å². The molecule has 2 N–H and O–H groups in total. The summed E-state index contributed by atoms with van der Waals surface area (Å²) in [7, 11) is 0. The number of rotatable bonds is 6. The van der Waals surface area contributed by atoms with Crippen molar-refractivity contribution in [1.82, 2.24) is 0 Å².